The number of imide groups is 1. The van der Waals surface area contributed by atoms with Crippen LogP contribution in [0, 0.1) is 35.0 Å². The fraction of sp³-hybridized carbons (Fsp3) is 0.889. The van der Waals surface area contributed by atoms with Gasteiger partial charge in [-0.05, 0) is 133 Å². The number of amides is 3. The van der Waals surface area contributed by atoms with Crippen molar-refractivity contribution in [3.05, 3.63) is 11.1 Å². The molecule has 10 nitrogen and oxygen atoms in total. The summed E-state index contributed by atoms with van der Waals surface area (Å²) in [6, 6.07) is -0.508. The zero-order valence-corrected chi connectivity index (χ0v) is 33.9. The molecular weight excluding hydrogens is 695 g/mol. The molecule has 3 amide bonds. The third kappa shape index (κ3) is 9.24. The molecule has 0 aromatic heterocycles. The van der Waals surface area contributed by atoms with Gasteiger partial charge in [0.15, 0.2) is 0 Å². The first-order valence-corrected chi connectivity index (χ1v) is 22.9. The molecule has 8 rings (SSSR count). The highest BCUT2D eigenvalue weighted by atomic mass is 16.5. The van der Waals surface area contributed by atoms with Gasteiger partial charge in [-0.25, -0.2) is 0 Å². The Labute approximate surface area is 330 Å². The number of aliphatic hydroxyl groups is 1. The molecule has 3 aliphatic heterocycles. The second-order valence-electron chi connectivity index (χ2n) is 19.3. The van der Waals surface area contributed by atoms with E-state index in [1.165, 1.54) is 90.1 Å². The molecule has 308 valence electrons. The molecule has 2 N–H and O–H groups in total. The van der Waals surface area contributed by atoms with Crippen LogP contribution in [0.3, 0.4) is 0 Å². The molecule has 10 heteroatoms. The Bertz CT molecular complexity index is 1370. The van der Waals surface area contributed by atoms with Gasteiger partial charge in [0.05, 0.1) is 44.2 Å². The quantitative estimate of drug-likeness (QED) is 0.120. The smallest absolute Gasteiger partial charge is 0.249 e. The van der Waals surface area contributed by atoms with Crippen LogP contribution in [0.15, 0.2) is 11.1 Å². The number of carbonyl (C=O) groups excluding carboxylic acids is 3. The lowest BCUT2D eigenvalue weighted by Gasteiger charge is -2.59. The first kappa shape index (κ1) is 40.0. The largest absolute Gasteiger partial charge is 0.393 e. The third-order valence-corrected chi connectivity index (χ3v) is 15.6. The van der Waals surface area contributed by atoms with E-state index in [0.29, 0.717) is 56.1 Å². The zero-order chi connectivity index (χ0) is 37.9. The van der Waals surface area contributed by atoms with Gasteiger partial charge in [0.25, 0.3) is 0 Å². The molecule has 5 aliphatic carbocycles. The minimum atomic E-state index is -0.508. The minimum Gasteiger partial charge on any atom is -0.393 e. The summed E-state index contributed by atoms with van der Waals surface area (Å²) in [5.41, 5.74) is 4.13. The fourth-order valence-corrected chi connectivity index (χ4v) is 12.8. The molecule has 4 atom stereocenters. The van der Waals surface area contributed by atoms with Crippen molar-refractivity contribution in [3.63, 3.8) is 0 Å². The Kier molecular flexibility index (Phi) is 13.0. The van der Waals surface area contributed by atoms with E-state index in [9.17, 15) is 19.5 Å². The van der Waals surface area contributed by atoms with Crippen molar-refractivity contribution in [1.29, 1.82) is 0 Å². The van der Waals surface area contributed by atoms with E-state index in [2.05, 4.69) is 17.1 Å². The number of aliphatic hydroxyl groups excluding tert-OH is 1. The fourth-order valence-electron chi connectivity index (χ4n) is 12.8. The molecule has 4 unspecified atom stereocenters. The minimum absolute atomic E-state index is 0.0226. The van der Waals surface area contributed by atoms with Crippen LogP contribution in [0.5, 0.6) is 0 Å². The molecule has 0 bridgehead atoms. The highest BCUT2D eigenvalue weighted by molar-refractivity contribution is 6.02. The maximum Gasteiger partial charge on any atom is 0.249 e. The normalized spacial score (nSPS) is 36.6. The maximum absolute atomic E-state index is 13.1. The lowest BCUT2D eigenvalue weighted by molar-refractivity contribution is -0.162. The van der Waals surface area contributed by atoms with Crippen LogP contribution in [-0.4, -0.2) is 109 Å². The van der Waals surface area contributed by atoms with Gasteiger partial charge in [-0.3, -0.25) is 24.6 Å². The van der Waals surface area contributed by atoms with Crippen molar-refractivity contribution < 1.29 is 33.7 Å². The topological polar surface area (TPSA) is 118 Å². The monoisotopic (exact) mass is 766 g/mol. The summed E-state index contributed by atoms with van der Waals surface area (Å²) in [6.07, 6.45) is 23.9. The zero-order valence-electron chi connectivity index (χ0n) is 33.9. The number of rotatable bonds is 14. The van der Waals surface area contributed by atoms with Gasteiger partial charge in [-0.2, -0.15) is 0 Å². The van der Waals surface area contributed by atoms with Gasteiger partial charge in [0.2, 0.25) is 17.7 Å². The maximum atomic E-state index is 13.1. The number of nitrogens with one attached hydrogen (secondary N) is 1. The summed E-state index contributed by atoms with van der Waals surface area (Å²) < 4.78 is 19.0. The van der Waals surface area contributed by atoms with Crippen LogP contribution in [0.4, 0.5) is 0 Å². The average Bonchev–Trinajstić information content (AvgIpc) is 3.49. The Balaban J connectivity index is 0.687. The van der Waals surface area contributed by atoms with Crippen LogP contribution >= 0.6 is 0 Å². The van der Waals surface area contributed by atoms with Crippen molar-refractivity contribution in [1.82, 2.24) is 15.1 Å². The van der Waals surface area contributed by atoms with Gasteiger partial charge in [-0.1, -0.05) is 37.3 Å². The van der Waals surface area contributed by atoms with Crippen LogP contribution in [0.1, 0.15) is 142 Å². The van der Waals surface area contributed by atoms with E-state index in [1.807, 2.05) is 11.1 Å². The predicted molar refractivity (Wildman–Crippen MR) is 210 cm³/mol. The number of fused-ring (bicyclic) bond motifs is 1. The molecule has 8 aliphatic rings. The SMILES string of the molecule is CC/C(=C(\C1CCC(O)CC1)C1CCC(OCCN2CC3(CC(OCCOC4CCC5C(=O)N(C6CCC(=O)NC6=O)CC5C4)C3)C2)CC1)C1CCCCC1. The number of likely N-dealkylation sites (tertiary alicyclic amines) is 2. The van der Waals surface area contributed by atoms with Crippen molar-refractivity contribution in [3.8, 4) is 0 Å². The molecule has 3 heterocycles. The standard InChI is InChI=1S/C45H71N3O7/c1-2-38(30-6-4-3-5-7-30)42(31-8-12-34(49)13-9-31)32-10-14-35(15-11-32)53-21-20-47-28-45(29-47)25-37(26-45)55-23-22-54-36-16-17-39-33(24-36)27-48(44(39)52)40-18-19-41(50)46-43(40)51/h30-37,39-40,49H,2-29H2,1H3,(H,46,50,51)/b42-38-. The van der Waals surface area contributed by atoms with E-state index in [-0.39, 0.29) is 41.8 Å². The van der Waals surface area contributed by atoms with Crippen LogP contribution in [0.25, 0.3) is 0 Å². The second-order valence-corrected chi connectivity index (χ2v) is 19.3. The Morgan fingerprint density at radius 1 is 0.745 bits per heavy atom. The summed E-state index contributed by atoms with van der Waals surface area (Å²) in [7, 11) is 0. The second kappa shape index (κ2) is 18.0. The van der Waals surface area contributed by atoms with Gasteiger partial charge >= 0.3 is 0 Å². The van der Waals surface area contributed by atoms with E-state index in [1.54, 1.807) is 4.90 Å². The summed E-state index contributed by atoms with van der Waals surface area (Å²) in [5, 5.41) is 12.7. The summed E-state index contributed by atoms with van der Waals surface area (Å²) in [4.78, 5) is 41.4. The van der Waals surface area contributed by atoms with Crippen molar-refractivity contribution in [2.45, 2.75) is 172 Å². The predicted octanol–water partition coefficient (Wildman–Crippen LogP) is 6.33. The van der Waals surface area contributed by atoms with E-state index < -0.39 is 6.04 Å². The number of piperidine rings is 1. The molecule has 0 radical (unpaired) electrons. The lowest BCUT2D eigenvalue weighted by Crippen LogP contribution is -2.64. The number of nitrogens with zero attached hydrogens (tertiary/aromatic N) is 2. The Hall–Kier alpha value is -1.85. The summed E-state index contributed by atoms with van der Waals surface area (Å²) >= 11 is 0. The first-order chi connectivity index (χ1) is 26.8. The van der Waals surface area contributed by atoms with Crippen molar-refractivity contribution in [2.24, 2.45) is 35.0 Å². The molecule has 5 saturated carbocycles. The number of hydrogen-bond donors (Lipinski definition) is 2. The highest BCUT2D eigenvalue weighted by Crippen LogP contribution is 2.50. The molecule has 0 aromatic rings. The Morgan fingerprint density at radius 3 is 2.09 bits per heavy atom. The molecular formula is C45H71N3O7. The summed E-state index contributed by atoms with van der Waals surface area (Å²) in [5.74, 6) is 1.94. The number of ether oxygens (including phenoxy) is 3. The lowest BCUT2D eigenvalue weighted by atomic mass is 9.62. The molecule has 8 fully saturated rings. The highest BCUT2D eigenvalue weighted by Gasteiger charge is 2.53. The summed E-state index contributed by atoms with van der Waals surface area (Å²) in [6.45, 7) is 8.44. The van der Waals surface area contributed by atoms with Crippen LogP contribution in [-0.2, 0) is 28.6 Å². The van der Waals surface area contributed by atoms with Gasteiger partial charge in [0.1, 0.15) is 6.04 Å². The van der Waals surface area contributed by atoms with Gasteiger partial charge < -0.3 is 24.2 Å². The third-order valence-electron chi connectivity index (χ3n) is 15.6. The van der Waals surface area contributed by atoms with Crippen molar-refractivity contribution in [2.75, 3.05) is 46.0 Å². The van der Waals surface area contributed by atoms with Gasteiger partial charge in [-0.15, -0.1) is 0 Å². The van der Waals surface area contributed by atoms with Crippen molar-refractivity contribution >= 4 is 17.7 Å². The number of carbonyl (C=O) groups is 3. The number of hydrogen-bond acceptors (Lipinski definition) is 8. The van der Waals surface area contributed by atoms with Crippen LogP contribution < -0.4 is 5.32 Å². The average molecular weight is 766 g/mol. The van der Waals surface area contributed by atoms with E-state index >= 15 is 0 Å². The van der Waals surface area contributed by atoms with E-state index in [4.69, 9.17) is 14.2 Å². The number of allylic oxidation sites excluding steroid dienone is 2. The molecule has 55 heavy (non-hydrogen) atoms. The van der Waals surface area contributed by atoms with Gasteiger partial charge in [0, 0.05) is 43.9 Å². The Morgan fingerprint density at radius 2 is 1.40 bits per heavy atom. The molecule has 1 spiro atoms. The molecule has 3 saturated heterocycles. The molecule has 0 aromatic carbocycles. The first-order valence-electron chi connectivity index (χ1n) is 22.9. The van der Waals surface area contributed by atoms with E-state index in [0.717, 1.165) is 69.9 Å². The van der Waals surface area contributed by atoms with Crippen LogP contribution in [0.2, 0.25) is 0 Å².